The number of allylic oxidation sites excluding steroid dienone is 3. The van der Waals surface area contributed by atoms with E-state index in [0.29, 0.717) is 17.8 Å². The summed E-state index contributed by atoms with van der Waals surface area (Å²) in [6.07, 6.45) is 2.80. The first-order chi connectivity index (χ1) is 6.86. The Morgan fingerprint density at radius 2 is 1.80 bits per heavy atom. The van der Waals surface area contributed by atoms with Crippen molar-refractivity contribution in [3.05, 3.63) is 23.4 Å². The van der Waals surface area contributed by atoms with Crippen molar-refractivity contribution in [1.29, 1.82) is 0 Å². The van der Waals surface area contributed by atoms with Gasteiger partial charge in [-0.3, -0.25) is 9.59 Å². The molecule has 0 atom stereocenters. The van der Waals surface area contributed by atoms with Gasteiger partial charge in [0.25, 0.3) is 0 Å². The lowest BCUT2D eigenvalue weighted by atomic mass is 9.80. The lowest BCUT2D eigenvalue weighted by Gasteiger charge is -2.24. The number of ketones is 2. The molecule has 0 amide bonds. The molecule has 1 rings (SSSR count). The molecule has 0 fully saturated rings. The molecule has 0 radical (unpaired) electrons. The van der Waals surface area contributed by atoms with Gasteiger partial charge in [0, 0.05) is 18.2 Å². The zero-order valence-electron chi connectivity index (χ0n) is 9.68. The predicted molar refractivity (Wildman–Crippen MR) is 59.3 cm³/mol. The Kier molecular flexibility index (Phi) is 3.12. The standard InChI is InChI=1S/C12H17NO2/c1-5-13-10-7-8(14)6-9(11(10)15)12(2,3)4/h6-7,13H,5H2,1-4H3. The molecule has 0 saturated carbocycles. The number of carbonyl (C=O) groups excluding carboxylic acids is 2. The zero-order chi connectivity index (χ0) is 11.6. The van der Waals surface area contributed by atoms with Crippen molar-refractivity contribution in [1.82, 2.24) is 5.32 Å². The number of carbonyl (C=O) groups is 2. The third kappa shape index (κ3) is 2.55. The van der Waals surface area contributed by atoms with Crippen LogP contribution in [0.4, 0.5) is 0 Å². The van der Waals surface area contributed by atoms with Crippen LogP contribution >= 0.6 is 0 Å². The van der Waals surface area contributed by atoms with E-state index in [2.05, 4.69) is 5.32 Å². The molecule has 1 N–H and O–H groups in total. The van der Waals surface area contributed by atoms with Gasteiger partial charge in [0.05, 0.1) is 5.70 Å². The molecule has 0 aromatic heterocycles. The Labute approximate surface area is 90.2 Å². The molecule has 0 spiro atoms. The van der Waals surface area contributed by atoms with Gasteiger partial charge in [-0.15, -0.1) is 0 Å². The van der Waals surface area contributed by atoms with Crippen LogP contribution in [0, 0.1) is 5.41 Å². The van der Waals surface area contributed by atoms with Gasteiger partial charge in [-0.25, -0.2) is 0 Å². The Bertz CT molecular complexity index is 356. The van der Waals surface area contributed by atoms with Crippen LogP contribution in [0.5, 0.6) is 0 Å². The van der Waals surface area contributed by atoms with E-state index in [1.165, 1.54) is 12.2 Å². The van der Waals surface area contributed by atoms with Crippen molar-refractivity contribution in [3.63, 3.8) is 0 Å². The topological polar surface area (TPSA) is 46.2 Å². The van der Waals surface area contributed by atoms with Crippen LogP contribution in [0.2, 0.25) is 0 Å². The minimum Gasteiger partial charge on any atom is -0.382 e. The fourth-order valence-electron chi connectivity index (χ4n) is 1.48. The highest BCUT2D eigenvalue weighted by Crippen LogP contribution is 2.29. The minimum absolute atomic E-state index is 0.0658. The summed E-state index contributed by atoms with van der Waals surface area (Å²) in [5.41, 5.74) is 0.697. The average molecular weight is 207 g/mol. The van der Waals surface area contributed by atoms with Crippen molar-refractivity contribution in [3.8, 4) is 0 Å². The van der Waals surface area contributed by atoms with Gasteiger partial charge in [-0.1, -0.05) is 20.8 Å². The van der Waals surface area contributed by atoms with Gasteiger partial charge in [-0.2, -0.15) is 0 Å². The van der Waals surface area contributed by atoms with Gasteiger partial charge in [0.2, 0.25) is 5.78 Å². The molecular formula is C12H17NO2. The lowest BCUT2D eigenvalue weighted by Crippen LogP contribution is -2.30. The van der Waals surface area contributed by atoms with Gasteiger partial charge >= 0.3 is 0 Å². The largest absolute Gasteiger partial charge is 0.382 e. The van der Waals surface area contributed by atoms with Crippen molar-refractivity contribution in [2.24, 2.45) is 5.41 Å². The zero-order valence-corrected chi connectivity index (χ0v) is 9.68. The number of Topliss-reactive ketones (excluding diaryl/α,β-unsaturated/α-hetero) is 1. The van der Waals surface area contributed by atoms with Gasteiger partial charge in [0.1, 0.15) is 0 Å². The second-order valence-electron chi connectivity index (χ2n) is 4.63. The van der Waals surface area contributed by atoms with Crippen molar-refractivity contribution < 1.29 is 9.59 Å². The molecule has 15 heavy (non-hydrogen) atoms. The number of rotatable bonds is 2. The van der Waals surface area contributed by atoms with Gasteiger partial charge in [0.15, 0.2) is 5.78 Å². The summed E-state index contributed by atoms with van der Waals surface area (Å²) in [6, 6.07) is 0. The summed E-state index contributed by atoms with van der Waals surface area (Å²) < 4.78 is 0. The number of hydrogen-bond acceptors (Lipinski definition) is 3. The SMILES string of the molecule is CCNC1=CC(=O)C=C(C(C)(C)C)C1=O. The summed E-state index contributed by atoms with van der Waals surface area (Å²) in [7, 11) is 0. The Morgan fingerprint density at radius 3 is 2.27 bits per heavy atom. The molecule has 0 bridgehead atoms. The molecule has 0 aromatic rings. The van der Waals surface area contributed by atoms with Crippen molar-refractivity contribution >= 4 is 11.6 Å². The maximum absolute atomic E-state index is 12.0. The first-order valence-corrected chi connectivity index (χ1v) is 5.12. The molecule has 1 aliphatic carbocycles. The molecule has 82 valence electrons. The van der Waals surface area contributed by atoms with E-state index in [-0.39, 0.29) is 17.0 Å². The Morgan fingerprint density at radius 1 is 1.20 bits per heavy atom. The highest BCUT2D eigenvalue weighted by atomic mass is 16.1. The van der Waals surface area contributed by atoms with Gasteiger partial charge in [-0.05, 0) is 18.4 Å². The fraction of sp³-hybridized carbons (Fsp3) is 0.500. The molecule has 3 nitrogen and oxygen atoms in total. The first-order valence-electron chi connectivity index (χ1n) is 5.12. The smallest absolute Gasteiger partial charge is 0.205 e. The van der Waals surface area contributed by atoms with Crippen LogP contribution in [0.25, 0.3) is 0 Å². The van der Waals surface area contributed by atoms with E-state index in [1.54, 1.807) is 0 Å². The molecule has 0 unspecified atom stereocenters. The minimum atomic E-state index is -0.290. The van der Waals surface area contributed by atoms with Crippen LogP contribution in [-0.4, -0.2) is 18.1 Å². The molecule has 1 aliphatic rings. The summed E-state index contributed by atoms with van der Waals surface area (Å²) in [6.45, 7) is 8.33. The monoisotopic (exact) mass is 207 g/mol. The maximum Gasteiger partial charge on any atom is 0.205 e. The molecule has 0 saturated heterocycles. The predicted octanol–water partition coefficient (Wildman–Crippen LogP) is 1.60. The second kappa shape index (κ2) is 4.01. The summed E-state index contributed by atoms with van der Waals surface area (Å²) in [5, 5.41) is 2.92. The summed E-state index contributed by atoms with van der Waals surface area (Å²) in [4.78, 5) is 23.4. The third-order valence-corrected chi connectivity index (χ3v) is 2.24. The quantitative estimate of drug-likeness (QED) is 0.700. The molecule has 0 aromatic carbocycles. The highest BCUT2D eigenvalue weighted by Gasteiger charge is 2.29. The Hall–Kier alpha value is -1.38. The van der Waals surface area contributed by atoms with Crippen molar-refractivity contribution in [2.45, 2.75) is 27.7 Å². The Balaban J connectivity index is 3.04. The summed E-state index contributed by atoms with van der Waals surface area (Å²) in [5.74, 6) is -0.181. The first kappa shape index (κ1) is 11.7. The van der Waals surface area contributed by atoms with Crippen LogP contribution < -0.4 is 5.32 Å². The molecule has 3 heteroatoms. The van der Waals surface area contributed by atoms with E-state index in [9.17, 15) is 9.59 Å². The van der Waals surface area contributed by atoms with E-state index >= 15 is 0 Å². The van der Waals surface area contributed by atoms with E-state index in [4.69, 9.17) is 0 Å². The summed E-state index contributed by atoms with van der Waals surface area (Å²) >= 11 is 0. The van der Waals surface area contributed by atoms with Crippen LogP contribution in [0.3, 0.4) is 0 Å². The number of likely N-dealkylation sites (N-methyl/N-ethyl adjacent to an activating group) is 1. The van der Waals surface area contributed by atoms with Crippen LogP contribution in [0.15, 0.2) is 23.4 Å². The highest BCUT2D eigenvalue weighted by molar-refractivity contribution is 6.20. The number of hydrogen-bond donors (Lipinski definition) is 1. The number of nitrogens with one attached hydrogen (secondary N) is 1. The van der Waals surface area contributed by atoms with E-state index < -0.39 is 0 Å². The van der Waals surface area contributed by atoms with Crippen LogP contribution in [-0.2, 0) is 9.59 Å². The third-order valence-electron chi connectivity index (χ3n) is 2.24. The maximum atomic E-state index is 12.0. The second-order valence-corrected chi connectivity index (χ2v) is 4.63. The van der Waals surface area contributed by atoms with Crippen molar-refractivity contribution in [2.75, 3.05) is 6.54 Å². The lowest BCUT2D eigenvalue weighted by molar-refractivity contribution is -0.116. The van der Waals surface area contributed by atoms with E-state index in [1.807, 2.05) is 27.7 Å². The molecular weight excluding hydrogens is 190 g/mol. The van der Waals surface area contributed by atoms with Crippen LogP contribution in [0.1, 0.15) is 27.7 Å². The molecule has 0 aliphatic heterocycles. The fourth-order valence-corrected chi connectivity index (χ4v) is 1.48. The normalized spacial score (nSPS) is 17.3. The van der Waals surface area contributed by atoms with E-state index in [0.717, 1.165) is 0 Å². The molecule has 0 heterocycles. The average Bonchev–Trinajstić information content (AvgIpc) is 2.09. The van der Waals surface area contributed by atoms with Gasteiger partial charge < -0.3 is 5.32 Å².